The molecule has 0 aliphatic rings. The van der Waals surface area contributed by atoms with Crippen LogP contribution in [0.1, 0.15) is 38.0 Å². The molecule has 1 aromatic rings. The van der Waals surface area contributed by atoms with E-state index in [9.17, 15) is 0 Å². The summed E-state index contributed by atoms with van der Waals surface area (Å²) >= 11 is 0. The van der Waals surface area contributed by atoms with E-state index in [0.717, 1.165) is 30.1 Å². The molecule has 0 fully saturated rings. The number of nitrogens with two attached hydrogens (primary N) is 1. The topological polar surface area (TPSA) is 51.8 Å². The Hall–Kier alpha value is -0.960. The minimum absolute atomic E-state index is 0.0821. The Kier molecular flexibility index (Phi) is 3.80. The van der Waals surface area contributed by atoms with E-state index in [0.29, 0.717) is 6.54 Å². The molecule has 0 aliphatic heterocycles. The Labute approximate surface area is 92.1 Å². The quantitative estimate of drug-likeness (QED) is 0.820. The zero-order chi connectivity index (χ0) is 11.5. The Morgan fingerprint density at radius 1 is 1.33 bits per heavy atom. The summed E-state index contributed by atoms with van der Waals surface area (Å²) in [6, 6.07) is 2.04. The van der Waals surface area contributed by atoms with Gasteiger partial charge >= 0.3 is 0 Å². The van der Waals surface area contributed by atoms with Gasteiger partial charge in [0.2, 0.25) is 0 Å². The van der Waals surface area contributed by atoms with E-state index in [1.807, 2.05) is 13.0 Å². The fourth-order valence-corrected chi connectivity index (χ4v) is 1.46. The van der Waals surface area contributed by atoms with Crippen molar-refractivity contribution in [3.8, 4) is 0 Å². The van der Waals surface area contributed by atoms with Crippen LogP contribution < -0.4 is 5.73 Å². The van der Waals surface area contributed by atoms with Gasteiger partial charge in [-0.3, -0.25) is 0 Å². The van der Waals surface area contributed by atoms with Crippen LogP contribution in [-0.2, 0) is 12.8 Å². The maximum atomic E-state index is 5.71. The van der Waals surface area contributed by atoms with Gasteiger partial charge in [0.05, 0.1) is 0 Å². The van der Waals surface area contributed by atoms with Crippen LogP contribution in [0.25, 0.3) is 0 Å². The number of aryl methyl sites for hydroxylation is 2. The molecule has 0 aliphatic carbocycles. The Balaban J connectivity index is 2.90. The van der Waals surface area contributed by atoms with Gasteiger partial charge in [0, 0.05) is 17.8 Å². The summed E-state index contributed by atoms with van der Waals surface area (Å²) in [5, 5.41) is 0. The van der Waals surface area contributed by atoms with Gasteiger partial charge in [-0.15, -0.1) is 0 Å². The van der Waals surface area contributed by atoms with E-state index < -0.39 is 0 Å². The van der Waals surface area contributed by atoms with E-state index >= 15 is 0 Å². The van der Waals surface area contributed by atoms with Gasteiger partial charge in [-0.05, 0) is 31.4 Å². The maximum Gasteiger partial charge on any atom is 0.129 e. The molecule has 1 rings (SSSR count). The lowest BCUT2D eigenvalue weighted by Gasteiger charge is -2.21. The molecule has 0 unspecified atom stereocenters. The lowest BCUT2D eigenvalue weighted by Crippen LogP contribution is -2.27. The highest BCUT2D eigenvalue weighted by Gasteiger charge is 2.18. The van der Waals surface area contributed by atoms with Crippen LogP contribution in [-0.4, -0.2) is 16.5 Å². The molecule has 3 nitrogen and oxygen atoms in total. The van der Waals surface area contributed by atoms with E-state index in [1.54, 1.807) is 0 Å². The molecule has 1 heterocycles. The van der Waals surface area contributed by atoms with E-state index in [4.69, 9.17) is 5.73 Å². The van der Waals surface area contributed by atoms with Crippen molar-refractivity contribution in [1.29, 1.82) is 0 Å². The van der Waals surface area contributed by atoms with Gasteiger partial charge in [-0.1, -0.05) is 20.8 Å². The number of rotatable bonds is 4. The summed E-state index contributed by atoms with van der Waals surface area (Å²) < 4.78 is 0. The summed E-state index contributed by atoms with van der Waals surface area (Å²) in [5.74, 6) is 0.919. The smallest absolute Gasteiger partial charge is 0.129 e. The van der Waals surface area contributed by atoms with E-state index in [2.05, 4.69) is 30.7 Å². The highest BCUT2D eigenvalue weighted by Crippen LogP contribution is 2.18. The Morgan fingerprint density at radius 3 is 2.53 bits per heavy atom. The molecule has 2 N–H and O–H groups in total. The number of nitrogens with zero attached hydrogens (tertiary/aromatic N) is 2. The molecule has 3 heteroatoms. The van der Waals surface area contributed by atoms with Gasteiger partial charge in [0.25, 0.3) is 0 Å². The average Bonchev–Trinajstić information content (AvgIpc) is 2.16. The average molecular weight is 207 g/mol. The lowest BCUT2D eigenvalue weighted by molar-refractivity contribution is 0.367. The SMILES string of the molecule is CCc1cc(C)nc(CC(C)(C)CN)n1. The first-order chi connectivity index (χ1) is 6.96. The van der Waals surface area contributed by atoms with Crippen LogP contribution in [0, 0.1) is 12.3 Å². The monoisotopic (exact) mass is 207 g/mol. The van der Waals surface area contributed by atoms with Crippen LogP contribution in [0.4, 0.5) is 0 Å². The van der Waals surface area contributed by atoms with Crippen molar-refractivity contribution >= 4 is 0 Å². The van der Waals surface area contributed by atoms with Crippen LogP contribution in [0.3, 0.4) is 0 Å². The molecular formula is C12H21N3. The fraction of sp³-hybridized carbons (Fsp3) is 0.667. The molecule has 0 saturated carbocycles. The van der Waals surface area contributed by atoms with E-state index in [1.165, 1.54) is 0 Å². The van der Waals surface area contributed by atoms with Gasteiger partial charge in [-0.2, -0.15) is 0 Å². The summed E-state index contributed by atoms with van der Waals surface area (Å²) in [4.78, 5) is 8.97. The summed E-state index contributed by atoms with van der Waals surface area (Å²) in [6.07, 6.45) is 1.80. The summed E-state index contributed by atoms with van der Waals surface area (Å²) in [7, 11) is 0. The molecule has 0 aromatic carbocycles. The Bertz CT molecular complexity index is 332. The molecule has 0 amide bonds. The first-order valence-electron chi connectivity index (χ1n) is 5.50. The second-order valence-corrected chi connectivity index (χ2v) is 4.82. The number of hydrogen-bond donors (Lipinski definition) is 1. The third kappa shape index (κ3) is 3.59. The van der Waals surface area contributed by atoms with Crippen molar-refractivity contribution in [3.63, 3.8) is 0 Å². The highest BCUT2D eigenvalue weighted by molar-refractivity contribution is 5.10. The molecule has 0 atom stereocenters. The van der Waals surface area contributed by atoms with Gasteiger partial charge in [0.15, 0.2) is 0 Å². The van der Waals surface area contributed by atoms with Crippen molar-refractivity contribution in [2.24, 2.45) is 11.1 Å². The predicted molar refractivity (Wildman–Crippen MR) is 62.7 cm³/mol. The van der Waals surface area contributed by atoms with Crippen molar-refractivity contribution in [3.05, 3.63) is 23.3 Å². The Morgan fingerprint density at radius 2 is 2.00 bits per heavy atom. The molecule has 0 bridgehead atoms. The molecular weight excluding hydrogens is 186 g/mol. The highest BCUT2D eigenvalue weighted by atomic mass is 14.9. The fourth-order valence-electron chi connectivity index (χ4n) is 1.46. The van der Waals surface area contributed by atoms with Crippen molar-refractivity contribution < 1.29 is 0 Å². The third-order valence-electron chi connectivity index (χ3n) is 2.51. The normalized spacial score (nSPS) is 11.8. The van der Waals surface area contributed by atoms with Crippen molar-refractivity contribution in [1.82, 2.24) is 9.97 Å². The minimum atomic E-state index is 0.0821. The second kappa shape index (κ2) is 4.71. The zero-order valence-corrected chi connectivity index (χ0v) is 10.2. The lowest BCUT2D eigenvalue weighted by atomic mass is 9.89. The van der Waals surface area contributed by atoms with Crippen LogP contribution in [0.2, 0.25) is 0 Å². The van der Waals surface area contributed by atoms with Crippen LogP contribution >= 0.6 is 0 Å². The van der Waals surface area contributed by atoms with Crippen molar-refractivity contribution in [2.75, 3.05) is 6.54 Å². The maximum absolute atomic E-state index is 5.71. The minimum Gasteiger partial charge on any atom is -0.330 e. The van der Waals surface area contributed by atoms with Crippen LogP contribution in [0.15, 0.2) is 6.07 Å². The molecule has 84 valence electrons. The molecule has 1 aromatic heterocycles. The molecule has 0 spiro atoms. The van der Waals surface area contributed by atoms with Crippen molar-refractivity contribution in [2.45, 2.75) is 40.5 Å². The summed E-state index contributed by atoms with van der Waals surface area (Å²) in [5.41, 5.74) is 7.95. The first kappa shape index (κ1) is 12.1. The standard InChI is InChI=1S/C12H21N3/c1-5-10-6-9(2)14-11(15-10)7-12(3,4)8-13/h6H,5,7-8,13H2,1-4H3. The number of aromatic nitrogens is 2. The third-order valence-corrected chi connectivity index (χ3v) is 2.51. The molecule has 0 saturated heterocycles. The number of hydrogen-bond acceptors (Lipinski definition) is 3. The predicted octanol–water partition coefficient (Wildman–Crippen LogP) is 1.87. The van der Waals surface area contributed by atoms with Crippen LogP contribution in [0.5, 0.6) is 0 Å². The van der Waals surface area contributed by atoms with Gasteiger partial charge in [-0.25, -0.2) is 9.97 Å². The second-order valence-electron chi connectivity index (χ2n) is 4.82. The van der Waals surface area contributed by atoms with E-state index in [-0.39, 0.29) is 5.41 Å². The zero-order valence-electron chi connectivity index (χ0n) is 10.2. The molecule has 15 heavy (non-hydrogen) atoms. The largest absolute Gasteiger partial charge is 0.330 e. The first-order valence-corrected chi connectivity index (χ1v) is 5.50. The molecule has 0 radical (unpaired) electrons. The summed E-state index contributed by atoms with van der Waals surface area (Å²) in [6.45, 7) is 9.07. The van der Waals surface area contributed by atoms with Gasteiger partial charge < -0.3 is 5.73 Å². The van der Waals surface area contributed by atoms with Gasteiger partial charge in [0.1, 0.15) is 5.82 Å².